The van der Waals surface area contributed by atoms with Crippen LogP contribution in [0.4, 0.5) is 5.69 Å². The average Bonchev–Trinajstić information content (AvgIpc) is 3.88. The number of nitrogens with zero attached hydrogens (tertiary/aromatic N) is 3. The third kappa shape index (κ3) is 4.62. The number of aliphatic imine (C=N–C) groups is 1. The molecule has 2 unspecified atom stereocenters. The molecule has 2 atom stereocenters. The van der Waals surface area contributed by atoms with E-state index in [4.69, 9.17) is 4.99 Å². The van der Waals surface area contributed by atoms with Gasteiger partial charge in [0.15, 0.2) is 5.78 Å². The molecule has 208 valence electrons. The lowest BCUT2D eigenvalue weighted by atomic mass is 9.75. The third-order valence-electron chi connectivity index (χ3n) is 8.80. The van der Waals surface area contributed by atoms with Crippen LogP contribution in [0.3, 0.4) is 0 Å². The van der Waals surface area contributed by atoms with Crippen molar-refractivity contribution in [2.24, 2.45) is 10.9 Å². The zero-order chi connectivity index (χ0) is 28.1. The number of piperazine rings is 1. The topological polar surface area (TPSA) is 102 Å². The van der Waals surface area contributed by atoms with Crippen molar-refractivity contribution in [1.82, 2.24) is 9.80 Å². The van der Waals surface area contributed by atoms with Crippen molar-refractivity contribution in [2.45, 2.75) is 31.4 Å². The Morgan fingerprint density at radius 3 is 2.24 bits per heavy atom. The standard InChI is InChI=1S/C33H32N4O4/c38-19-20-4-6-22(7-5-20)30-28(31-29-25(27(39)18-34-31)2-1-3-26(29)35-30)21-8-10-23(11-9-21)32(40)36-14-16-37(17-15-36)33(41)24-12-13-24/h1-11,24,28,30,35,38H,12-19H2. The highest BCUT2D eigenvalue weighted by Crippen LogP contribution is 2.45. The molecule has 2 fully saturated rings. The van der Waals surface area contributed by atoms with Gasteiger partial charge in [0.1, 0.15) is 6.54 Å². The van der Waals surface area contributed by atoms with Crippen molar-refractivity contribution >= 4 is 29.0 Å². The van der Waals surface area contributed by atoms with Gasteiger partial charge in [-0.15, -0.1) is 0 Å². The summed E-state index contributed by atoms with van der Waals surface area (Å²) < 4.78 is 0. The molecular weight excluding hydrogens is 516 g/mol. The quantitative estimate of drug-likeness (QED) is 0.505. The average molecular weight is 549 g/mol. The molecule has 0 bridgehead atoms. The molecule has 8 nitrogen and oxygen atoms in total. The van der Waals surface area contributed by atoms with Crippen molar-refractivity contribution in [3.63, 3.8) is 0 Å². The molecule has 2 amide bonds. The van der Waals surface area contributed by atoms with E-state index in [0.717, 1.165) is 46.5 Å². The van der Waals surface area contributed by atoms with Gasteiger partial charge in [0.2, 0.25) is 5.91 Å². The number of aliphatic hydroxyl groups is 1. The second-order valence-corrected chi connectivity index (χ2v) is 11.4. The summed E-state index contributed by atoms with van der Waals surface area (Å²) in [6.07, 6.45) is 1.98. The van der Waals surface area contributed by atoms with E-state index in [2.05, 4.69) is 5.32 Å². The molecule has 0 aromatic heterocycles. The molecule has 0 radical (unpaired) electrons. The van der Waals surface area contributed by atoms with Crippen LogP contribution in [0.15, 0.2) is 71.7 Å². The summed E-state index contributed by atoms with van der Waals surface area (Å²) >= 11 is 0. The van der Waals surface area contributed by atoms with E-state index in [1.165, 1.54) is 0 Å². The number of carbonyl (C=O) groups excluding carboxylic acids is 3. The van der Waals surface area contributed by atoms with Gasteiger partial charge in [-0.25, -0.2) is 0 Å². The van der Waals surface area contributed by atoms with Crippen molar-refractivity contribution in [1.29, 1.82) is 0 Å². The Morgan fingerprint density at radius 1 is 0.878 bits per heavy atom. The number of anilines is 1. The summed E-state index contributed by atoms with van der Waals surface area (Å²) in [4.78, 5) is 47.0. The van der Waals surface area contributed by atoms with Crippen LogP contribution < -0.4 is 5.32 Å². The molecule has 1 saturated heterocycles. The van der Waals surface area contributed by atoms with Crippen LogP contribution in [0.5, 0.6) is 0 Å². The van der Waals surface area contributed by atoms with Crippen molar-refractivity contribution in [3.05, 3.63) is 100 Å². The molecule has 7 rings (SSSR count). The summed E-state index contributed by atoms with van der Waals surface area (Å²) in [6, 6.07) is 21.2. The summed E-state index contributed by atoms with van der Waals surface area (Å²) in [6.45, 7) is 2.35. The molecule has 3 aromatic carbocycles. The van der Waals surface area contributed by atoms with Gasteiger partial charge < -0.3 is 20.2 Å². The van der Waals surface area contributed by atoms with Gasteiger partial charge in [0.25, 0.3) is 5.91 Å². The van der Waals surface area contributed by atoms with Crippen molar-refractivity contribution in [3.8, 4) is 0 Å². The van der Waals surface area contributed by atoms with E-state index in [1.54, 1.807) is 0 Å². The summed E-state index contributed by atoms with van der Waals surface area (Å²) in [7, 11) is 0. The number of benzene rings is 3. The van der Waals surface area contributed by atoms with E-state index < -0.39 is 0 Å². The minimum atomic E-state index is -0.183. The molecule has 1 aliphatic carbocycles. The lowest BCUT2D eigenvalue weighted by Crippen LogP contribution is -2.51. The van der Waals surface area contributed by atoms with Crippen molar-refractivity contribution < 1.29 is 19.5 Å². The highest BCUT2D eigenvalue weighted by Gasteiger charge is 2.40. The summed E-state index contributed by atoms with van der Waals surface area (Å²) in [5, 5.41) is 13.2. The number of hydrogen-bond donors (Lipinski definition) is 2. The molecule has 1 saturated carbocycles. The smallest absolute Gasteiger partial charge is 0.253 e. The van der Waals surface area contributed by atoms with E-state index >= 15 is 0 Å². The molecule has 4 aliphatic rings. The van der Waals surface area contributed by atoms with Gasteiger partial charge in [0, 0.05) is 54.5 Å². The monoisotopic (exact) mass is 548 g/mol. The number of nitrogens with one attached hydrogen (secondary N) is 1. The second-order valence-electron chi connectivity index (χ2n) is 11.4. The maximum atomic E-state index is 13.4. The summed E-state index contributed by atoms with van der Waals surface area (Å²) in [5.74, 6) is 0.237. The number of aliphatic hydroxyl groups excluding tert-OH is 1. The third-order valence-corrected chi connectivity index (χ3v) is 8.80. The number of Topliss-reactive ketones (excluding diaryl/α,β-unsaturated/α-hetero) is 1. The van der Waals surface area contributed by atoms with Crippen molar-refractivity contribution in [2.75, 3.05) is 38.0 Å². The number of ketones is 1. The Morgan fingerprint density at radius 2 is 1.56 bits per heavy atom. The first-order valence-corrected chi connectivity index (χ1v) is 14.4. The fourth-order valence-electron chi connectivity index (χ4n) is 6.36. The number of amides is 2. The molecule has 41 heavy (non-hydrogen) atoms. The van der Waals surface area contributed by atoms with Crippen LogP contribution in [0, 0.1) is 5.92 Å². The fourth-order valence-corrected chi connectivity index (χ4v) is 6.36. The van der Waals surface area contributed by atoms with Crippen LogP contribution in [0.25, 0.3) is 0 Å². The van der Waals surface area contributed by atoms with Gasteiger partial charge in [-0.05, 0) is 47.7 Å². The number of rotatable bonds is 5. The molecule has 8 heteroatoms. The molecule has 3 heterocycles. The van der Waals surface area contributed by atoms with Gasteiger partial charge >= 0.3 is 0 Å². The predicted octanol–water partition coefficient (Wildman–Crippen LogP) is 3.81. The van der Waals surface area contributed by atoms with Gasteiger partial charge in [-0.3, -0.25) is 19.4 Å². The van der Waals surface area contributed by atoms with Crippen LogP contribution >= 0.6 is 0 Å². The number of hydrogen-bond acceptors (Lipinski definition) is 6. The van der Waals surface area contributed by atoms with E-state index in [9.17, 15) is 19.5 Å². The molecule has 2 N–H and O–H groups in total. The Hall–Kier alpha value is -4.30. The first-order chi connectivity index (χ1) is 20.0. The highest BCUT2D eigenvalue weighted by atomic mass is 16.3. The van der Waals surface area contributed by atoms with Crippen LogP contribution in [-0.2, 0) is 11.4 Å². The minimum absolute atomic E-state index is 0.0109. The molecule has 3 aromatic rings. The van der Waals surface area contributed by atoms with Crippen LogP contribution in [0.2, 0.25) is 0 Å². The van der Waals surface area contributed by atoms with E-state index in [1.807, 2.05) is 76.5 Å². The first kappa shape index (κ1) is 25.7. The van der Waals surface area contributed by atoms with Crippen LogP contribution in [-0.4, -0.2) is 70.9 Å². The zero-order valence-corrected chi connectivity index (χ0v) is 22.8. The number of carbonyl (C=O) groups is 3. The SMILES string of the molecule is O=C1CN=C2c3c(cccc31)NC(c1ccc(CO)cc1)C2c1ccc(C(=O)N2CCN(C(=O)C3CC3)CC2)cc1. The lowest BCUT2D eigenvalue weighted by molar-refractivity contribution is -0.134. The second kappa shape index (κ2) is 10.3. The van der Waals surface area contributed by atoms with Gasteiger partial charge in [0.05, 0.1) is 24.3 Å². The zero-order valence-electron chi connectivity index (χ0n) is 22.8. The summed E-state index contributed by atoms with van der Waals surface area (Å²) in [5.41, 5.74) is 6.80. The van der Waals surface area contributed by atoms with Gasteiger partial charge in [-0.2, -0.15) is 0 Å². The molecular formula is C33H32N4O4. The van der Waals surface area contributed by atoms with Crippen LogP contribution in [0.1, 0.15) is 67.8 Å². The Bertz CT molecular complexity index is 1550. The fraction of sp³-hybridized carbons (Fsp3) is 0.333. The molecule has 0 spiro atoms. The lowest BCUT2D eigenvalue weighted by Gasteiger charge is -2.39. The van der Waals surface area contributed by atoms with Gasteiger partial charge in [-0.1, -0.05) is 48.5 Å². The largest absolute Gasteiger partial charge is 0.392 e. The maximum absolute atomic E-state index is 13.4. The predicted molar refractivity (Wildman–Crippen MR) is 155 cm³/mol. The van der Waals surface area contributed by atoms with E-state index in [0.29, 0.717) is 37.3 Å². The first-order valence-electron chi connectivity index (χ1n) is 14.4. The Labute approximate surface area is 238 Å². The Kier molecular flexibility index (Phi) is 6.43. The minimum Gasteiger partial charge on any atom is -0.392 e. The normalized spacial score (nSPS) is 21.6. The maximum Gasteiger partial charge on any atom is 0.253 e. The Balaban J connectivity index is 1.18. The molecule has 3 aliphatic heterocycles. The highest BCUT2D eigenvalue weighted by molar-refractivity contribution is 6.21. The van der Waals surface area contributed by atoms with E-state index in [-0.39, 0.29) is 48.6 Å².